The molecule has 1 aromatic carbocycles. The predicted molar refractivity (Wildman–Crippen MR) is 94.4 cm³/mol. The first-order chi connectivity index (χ1) is 11.6. The third-order valence-electron chi connectivity index (χ3n) is 4.40. The molecule has 3 amide bonds. The fourth-order valence-corrected chi connectivity index (χ4v) is 4.00. The highest BCUT2D eigenvalue weighted by Gasteiger charge is 2.40. The molecule has 2 atom stereocenters. The van der Waals surface area contributed by atoms with Gasteiger partial charge in [-0.05, 0) is 24.5 Å². The number of imide groups is 1. The third kappa shape index (κ3) is 3.87. The second kappa shape index (κ2) is 7.66. The predicted octanol–water partition coefficient (Wildman–Crippen LogP) is 2.82. The van der Waals surface area contributed by atoms with Crippen molar-refractivity contribution in [3.8, 4) is 0 Å². The average molecular weight is 344 g/mol. The summed E-state index contributed by atoms with van der Waals surface area (Å²) in [4.78, 5) is 37.5. The summed E-state index contributed by atoms with van der Waals surface area (Å²) in [5.41, 5.74) is 0.953. The molecule has 6 heteroatoms. The Kier molecular flexibility index (Phi) is 5.35. The van der Waals surface area contributed by atoms with Gasteiger partial charge >= 0.3 is 0 Å². The molecule has 1 saturated heterocycles. The number of hydrogen-bond donors (Lipinski definition) is 1. The highest BCUT2D eigenvalue weighted by atomic mass is 32.2. The molecule has 24 heavy (non-hydrogen) atoms. The number of carbonyl (C=O) groups excluding carboxylic acids is 3. The Morgan fingerprint density at radius 1 is 1.17 bits per heavy atom. The number of benzene rings is 1. The van der Waals surface area contributed by atoms with Crippen LogP contribution in [0.2, 0.25) is 0 Å². The molecule has 2 fully saturated rings. The van der Waals surface area contributed by atoms with Crippen molar-refractivity contribution in [1.29, 1.82) is 0 Å². The lowest BCUT2D eigenvalue weighted by molar-refractivity contribution is -0.128. The molecule has 3 rings (SSSR count). The minimum Gasteiger partial charge on any atom is -0.348 e. The molecule has 1 aliphatic carbocycles. The van der Waals surface area contributed by atoms with E-state index in [1.165, 1.54) is 11.0 Å². The first-order valence-corrected chi connectivity index (χ1v) is 9.16. The summed E-state index contributed by atoms with van der Waals surface area (Å²) in [6.07, 6.45) is 6.77. The summed E-state index contributed by atoms with van der Waals surface area (Å²) in [6, 6.07) is 9.21. The van der Waals surface area contributed by atoms with Crippen LogP contribution in [0, 0.1) is 0 Å². The zero-order valence-electron chi connectivity index (χ0n) is 13.3. The lowest BCUT2D eigenvalue weighted by Crippen LogP contribution is -2.54. The van der Waals surface area contributed by atoms with Crippen LogP contribution in [0.15, 0.2) is 36.4 Å². The second-order valence-electron chi connectivity index (χ2n) is 6.03. The summed E-state index contributed by atoms with van der Waals surface area (Å²) >= 11 is 1.05. The Morgan fingerprint density at radius 3 is 2.62 bits per heavy atom. The van der Waals surface area contributed by atoms with Crippen molar-refractivity contribution < 1.29 is 14.4 Å². The van der Waals surface area contributed by atoms with Crippen molar-refractivity contribution in [3.63, 3.8) is 0 Å². The summed E-state index contributed by atoms with van der Waals surface area (Å²) in [5, 5.41) is 2.79. The zero-order valence-corrected chi connectivity index (χ0v) is 14.1. The van der Waals surface area contributed by atoms with Crippen LogP contribution in [0.25, 0.3) is 6.08 Å². The van der Waals surface area contributed by atoms with Gasteiger partial charge in [0, 0.05) is 6.08 Å². The van der Waals surface area contributed by atoms with E-state index in [9.17, 15) is 14.4 Å². The van der Waals surface area contributed by atoms with E-state index in [0.717, 1.165) is 43.0 Å². The molecule has 0 bridgehead atoms. The summed E-state index contributed by atoms with van der Waals surface area (Å²) in [6.45, 7) is 0. The fraction of sp³-hybridized carbons (Fsp3) is 0.389. The van der Waals surface area contributed by atoms with Gasteiger partial charge in [0.15, 0.2) is 0 Å². The van der Waals surface area contributed by atoms with Gasteiger partial charge in [0.1, 0.15) is 0 Å². The van der Waals surface area contributed by atoms with Crippen LogP contribution in [-0.2, 0) is 9.59 Å². The molecule has 2 aliphatic rings. The van der Waals surface area contributed by atoms with E-state index in [1.807, 2.05) is 30.3 Å². The minimum absolute atomic E-state index is 0.143. The van der Waals surface area contributed by atoms with E-state index in [1.54, 1.807) is 6.08 Å². The smallest absolute Gasteiger partial charge is 0.289 e. The molecule has 0 spiro atoms. The van der Waals surface area contributed by atoms with Crippen molar-refractivity contribution in [1.82, 2.24) is 10.2 Å². The molecule has 0 radical (unpaired) electrons. The van der Waals surface area contributed by atoms with Crippen molar-refractivity contribution >= 4 is 34.9 Å². The molecule has 0 unspecified atom stereocenters. The van der Waals surface area contributed by atoms with E-state index in [4.69, 9.17) is 0 Å². The number of carbonyl (C=O) groups is 3. The highest BCUT2D eigenvalue weighted by Crippen LogP contribution is 2.30. The van der Waals surface area contributed by atoms with Gasteiger partial charge < -0.3 is 5.32 Å². The Labute approximate surface area is 145 Å². The summed E-state index contributed by atoms with van der Waals surface area (Å²) < 4.78 is 0. The molecule has 1 saturated carbocycles. The van der Waals surface area contributed by atoms with Crippen LogP contribution in [0.3, 0.4) is 0 Å². The third-order valence-corrected chi connectivity index (χ3v) is 5.23. The number of thioether (sulfide) groups is 1. The summed E-state index contributed by atoms with van der Waals surface area (Å²) in [7, 11) is 0. The van der Waals surface area contributed by atoms with E-state index >= 15 is 0 Å². The molecule has 5 nitrogen and oxygen atoms in total. The Hall–Kier alpha value is -2.08. The van der Waals surface area contributed by atoms with Gasteiger partial charge in [-0.2, -0.15) is 0 Å². The zero-order chi connectivity index (χ0) is 16.9. The Bertz CT molecular complexity index is 643. The van der Waals surface area contributed by atoms with Crippen molar-refractivity contribution in [2.45, 2.75) is 37.8 Å². The molecular weight excluding hydrogens is 324 g/mol. The maximum atomic E-state index is 12.2. The van der Waals surface area contributed by atoms with Crippen molar-refractivity contribution in [2.75, 3.05) is 5.75 Å². The van der Waals surface area contributed by atoms with Gasteiger partial charge in [-0.3, -0.25) is 19.3 Å². The number of nitrogens with one attached hydrogen (secondary N) is 1. The van der Waals surface area contributed by atoms with Gasteiger partial charge in [-0.15, -0.1) is 0 Å². The Morgan fingerprint density at radius 2 is 1.92 bits per heavy atom. The SMILES string of the molecule is O=C(/C=C/c1ccccc1)N[C@@H]1CCCC[C@H]1N1C(=O)CSC1=O. The normalized spacial score (nSPS) is 24.6. The van der Waals surface area contributed by atoms with E-state index in [2.05, 4.69) is 5.32 Å². The largest absolute Gasteiger partial charge is 0.348 e. The topological polar surface area (TPSA) is 66.5 Å². The molecule has 1 aromatic rings. The minimum atomic E-state index is -0.220. The van der Waals surface area contributed by atoms with E-state index in [0.29, 0.717) is 0 Å². The maximum Gasteiger partial charge on any atom is 0.289 e. The summed E-state index contributed by atoms with van der Waals surface area (Å²) in [5.74, 6) is -0.123. The van der Waals surface area contributed by atoms with E-state index in [-0.39, 0.29) is 34.9 Å². The maximum absolute atomic E-state index is 12.2. The van der Waals surface area contributed by atoms with Crippen molar-refractivity contribution in [2.24, 2.45) is 0 Å². The monoisotopic (exact) mass is 344 g/mol. The average Bonchev–Trinajstić information content (AvgIpc) is 2.93. The standard InChI is InChI=1S/C18H20N2O3S/c21-16(11-10-13-6-2-1-3-7-13)19-14-8-4-5-9-15(14)20-17(22)12-24-18(20)23/h1-3,6-7,10-11,14-15H,4-5,8-9,12H2,(H,19,21)/b11-10+/t14-,15-/m1/s1. The van der Waals surface area contributed by atoms with Crippen LogP contribution in [0.5, 0.6) is 0 Å². The van der Waals surface area contributed by atoms with Gasteiger partial charge in [-0.1, -0.05) is 54.9 Å². The van der Waals surface area contributed by atoms with Gasteiger partial charge in [0.05, 0.1) is 17.8 Å². The molecule has 1 N–H and O–H groups in total. The van der Waals surface area contributed by atoms with Crippen LogP contribution in [0.4, 0.5) is 4.79 Å². The highest BCUT2D eigenvalue weighted by molar-refractivity contribution is 8.14. The fourth-order valence-electron chi connectivity index (χ4n) is 3.24. The quantitative estimate of drug-likeness (QED) is 0.853. The number of amides is 3. The molecule has 1 heterocycles. The number of nitrogens with zero attached hydrogens (tertiary/aromatic N) is 1. The van der Waals surface area contributed by atoms with Gasteiger partial charge in [-0.25, -0.2) is 0 Å². The first kappa shape index (κ1) is 16.8. The second-order valence-corrected chi connectivity index (χ2v) is 6.96. The lowest BCUT2D eigenvalue weighted by atomic mass is 9.89. The first-order valence-electron chi connectivity index (χ1n) is 8.17. The Balaban J connectivity index is 1.65. The molecule has 1 aliphatic heterocycles. The molecule has 0 aromatic heterocycles. The molecular formula is C18H20N2O3S. The van der Waals surface area contributed by atoms with E-state index < -0.39 is 0 Å². The molecule has 126 valence electrons. The van der Waals surface area contributed by atoms with Crippen LogP contribution < -0.4 is 5.32 Å². The van der Waals surface area contributed by atoms with Gasteiger partial charge in [0.25, 0.3) is 5.24 Å². The lowest BCUT2D eigenvalue weighted by Gasteiger charge is -2.36. The van der Waals surface area contributed by atoms with Gasteiger partial charge in [0.2, 0.25) is 11.8 Å². The van der Waals surface area contributed by atoms with Crippen LogP contribution in [0.1, 0.15) is 31.2 Å². The van der Waals surface area contributed by atoms with Crippen LogP contribution >= 0.6 is 11.8 Å². The number of hydrogen-bond acceptors (Lipinski definition) is 4. The number of rotatable bonds is 4. The van der Waals surface area contributed by atoms with Crippen molar-refractivity contribution in [3.05, 3.63) is 42.0 Å². The van der Waals surface area contributed by atoms with Crippen LogP contribution in [-0.4, -0.2) is 39.8 Å².